The van der Waals surface area contributed by atoms with Crippen LogP contribution in [0.3, 0.4) is 0 Å². The summed E-state index contributed by atoms with van der Waals surface area (Å²) in [6.07, 6.45) is 0.657. The van der Waals surface area contributed by atoms with Crippen molar-refractivity contribution in [3.8, 4) is 11.4 Å². The lowest BCUT2D eigenvalue weighted by Crippen LogP contribution is -2.34. The van der Waals surface area contributed by atoms with Crippen LogP contribution in [0.4, 0.5) is 0 Å². The van der Waals surface area contributed by atoms with E-state index in [2.05, 4.69) is 0 Å². The van der Waals surface area contributed by atoms with Gasteiger partial charge in [0, 0.05) is 24.6 Å². The van der Waals surface area contributed by atoms with Crippen LogP contribution in [0, 0.1) is 6.92 Å². The van der Waals surface area contributed by atoms with Crippen LogP contribution in [0.5, 0.6) is 0 Å². The zero-order valence-corrected chi connectivity index (χ0v) is 17.9. The highest BCUT2D eigenvalue weighted by Gasteiger charge is 2.30. The van der Waals surface area contributed by atoms with Crippen LogP contribution < -0.4 is 0 Å². The highest BCUT2D eigenvalue weighted by molar-refractivity contribution is 7.99. The van der Waals surface area contributed by atoms with E-state index in [1.54, 1.807) is 0 Å². The normalized spacial score (nSPS) is 14.9. The van der Waals surface area contributed by atoms with E-state index in [0.29, 0.717) is 23.9 Å². The van der Waals surface area contributed by atoms with Gasteiger partial charge in [0.1, 0.15) is 11.6 Å². The number of aromatic nitrogens is 2. The topological polar surface area (TPSA) is 92.6 Å². The number of thioether (sulfide) groups is 1. The summed E-state index contributed by atoms with van der Waals surface area (Å²) in [6, 6.07) is 8.01. The number of carboxylic acid groups (broad SMARTS) is 1. The van der Waals surface area contributed by atoms with E-state index >= 15 is 0 Å². The number of rotatable bonds is 6. The number of benzene rings is 1. The van der Waals surface area contributed by atoms with Gasteiger partial charge in [-0.15, -0.1) is 0 Å². The van der Waals surface area contributed by atoms with Crippen LogP contribution in [0.25, 0.3) is 11.4 Å². The van der Waals surface area contributed by atoms with Gasteiger partial charge in [-0.2, -0.15) is 0 Å². The molecule has 1 aromatic carbocycles. The highest BCUT2D eigenvalue weighted by atomic mass is 32.2. The molecule has 0 bridgehead atoms. The minimum atomic E-state index is -1.04. The first-order valence-electron chi connectivity index (χ1n) is 9.34. The second-order valence-corrected chi connectivity index (χ2v) is 8.77. The summed E-state index contributed by atoms with van der Waals surface area (Å²) < 4.78 is 5.93. The minimum Gasteiger partial charge on any atom is -0.480 e. The molecule has 0 fully saturated rings. The molecule has 1 N–H and O–H groups in total. The molecule has 1 aliphatic rings. The van der Waals surface area contributed by atoms with Crippen LogP contribution in [0.1, 0.15) is 30.7 Å². The lowest BCUT2D eigenvalue weighted by molar-refractivity contribution is -0.142. The minimum absolute atomic E-state index is 0.101. The molecule has 154 valence electrons. The van der Waals surface area contributed by atoms with Crippen molar-refractivity contribution in [2.45, 2.75) is 44.4 Å². The molecule has 29 heavy (non-hydrogen) atoms. The molecule has 8 heteroatoms. The van der Waals surface area contributed by atoms with Gasteiger partial charge in [0.25, 0.3) is 0 Å². The second-order valence-electron chi connectivity index (χ2n) is 7.80. The predicted molar refractivity (Wildman–Crippen MR) is 111 cm³/mol. The van der Waals surface area contributed by atoms with Crippen LogP contribution in [-0.4, -0.2) is 56.8 Å². The number of likely N-dealkylation sites (N-methyl/N-ethyl adjacent to an activating group) is 1. The number of fused-ring (bicyclic) bond motifs is 1. The maximum atomic E-state index is 12.3. The van der Waals surface area contributed by atoms with Crippen LogP contribution >= 0.6 is 11.8 Å². The van der Waals surface area contributed by atoms with Crippen molar-refractivity contribution >= 4 is 23.6 Å². The van der Waals surface area contributed by atoms with E-state index in [9.17, 15) is 9.59 Å². The summed E-state index contributed by atoms with van der Waals surface area (Å²) in [7, 11) is 1.48. The Hall–Kier alpha value is -2.45. The molecule has 0 radical (unpaired) electrons. The summed E-state index contributed by atoms with van der Waals surface area (Å²) in [5.74, 6) is -0.583. The molecule has 1 amide bonds. The van der Waals surface area contributed by atoms with Gasteiger partial charge in [-0.05, 0) is 20.8 Å². The summed E-state index contributed by atoms with van der Waals surface area (Å²) >= 11 is 1.30. The van der Waals surface area contributed by atoms with E-state index in [0.717, 1.165) is 22.4 Å². The molecule has 2 aromatic rings. The van der Waals surface area contributed by atoms with Crippen LogP contribution in [0.15, 0.2) is 29.3 Å². The highest BCUT2D eigenvalue weighted by Crippen LogP contribution is 2.34. The molecule has 0 atom stereocenters. The Bertz CT molecular complexity index is 928. The van der Waals surface area contributed by atoms with Gasteiger partial charge in [-0.1, -0.05) is 41.6 Å². The third kappa shape index (κ3) is 5.33. The number of carboxylic acids is 1. The largest absolute Gasteiger partial charge is 0.480 e. The van der Waals surface area contributed by atoms with Gasteiger partial charge in [-0.25, -0.2) is 9.97 Å². The average Bonchev–Trinajstić information content (AvgIpc) is 2.64. The molecule has 0 saturated heterocycles. The number of aryl methyl sites for hydroxylation is 1. The molecule has 0 aliphatic carbocycles. The maximum absolute atomic E-state index is 12.3. The van der Waals surface area contributed by atoms with Gasteiger partial charge >= 0.3 is 5.97 Å². The fraction of sp³-hybridized carbons (Fsp3) is 0.429. The van der Waals surface area contributed by atoms with Crippen molar-refractivity contribution in [2.24, 2.45) is 0 Å². The first-order chi connectivity index (χ1) is 13.6. The third-order valence-electron chi connectivity index (χ3n) is 4.70. The number of hydrogen-bond acceptors (Lipinski definition) is 6. The molecule has 7 nitrogen and oxygen atoms in total. The first-order valence-corrected chi connectivity index (χ1v) is 10.3. The summed E-state index contributed by atoms with van der Waals surface area (Å²) in [5, 5.41) is 9.58. The van der Waals surface area contributed by atoms with Gasteiger partial charge < -0.3 is 14.7 Å². The number of nitrogens with zero attached hydrogens (tertiary/aromatic N) is 3. The Balaban J connectivity index is 1.90. The lowest BCUT2D eigenvalue weighted by Gasteiger charge is -2.32. The van der Waals surface area contributed by atoms with Crippen molar-refractivity contribution in [3.63, 3.8) is 0 Å². The Morgan fingerprint density at radius 2 is 1.93 bits per heavy atom. The molecule has 1 aromatic heterocycles. The molecule has 3 rings (SSSR count). The Morgan fingerprint density at radius 3 is 2.59 bits per heavy atom. The second kappa shape index (κ2) is 8.51. The molecular weight excluding hydrogens is 390 g/mol. The quantitative estimate of drug-likeness (QED) is 0.573. The summed E-state index contributed by atoms with van der Waals surface area (Å²) in [5.41, 5.74) is 3.59. The van der Waals surface area contributed by atoms with Crippen LogP contribution in [0.2, 0.25) is 0 Å². The van der Waals surface area contributed by atoms with E-state index in [1.807, 2.05) is 45.0 Å². The van der Waals surface area contributed by atoms with Crippen molar-refractivity contribution in [1.29, 1.82) is 0 Å². The number of carbonyl (C=O) groups is 2. The number of amides is 1. The third-order valence-corrected chi connectivity index (χ3v) is 5.70. The number of ether oxygens (including phenoxy) is 1. The summed E-state index contributed by atoms with van der Waals surface area (Å²) in [4.78, 5) is 33.8. The monoisotopic (exact) mass is 415 g/mol. The van der Waals surface area contributed by atoms with Gasteiger partial charge in [0.15, 0.2) is 5.82 Å². The average molecular weight is 416 g/mol. The SMILES string of the molecule is Cc1ccc(-c2nc3c(c(SCC(=O)N(C)CC(=O)O)n2)COC(C)(C)C3)cc1. The smallest absolute Gasteiger partial charge is 0.323 e. The van der Waals surface area contributed by atoms with Gasteiger partial charge in [0.2, 0.25) is 5.91 Å². The standard InChI is InChI=1S/C21H25N3O4S/c1-13-5-7-14(8-6-13)19-22-16-9-21(2,3)28-11-15(16)20(23-19)29-12-17(25)24(4)10-18(26)27/h5-8H,9-12H2,1-4H3,(H,26,27). The Labute approximate surface area is 174 Å². The summed E-state index contributed by atoms with van der Waals surface area (Å²) in [6.45, 7) is 6.14. The van der Waals surface area contributed by atoms with Gasteiger partial charge in [-0.3, -0.25) is 9.59 Å². The number of hydrogen-bond donors (Lipinski definition) is 1. The van der Waals surface area contributed by atoms with E-state index in [4.69, 9.17) is 19.8 Å². The van der Waals surface area contributed by atoms with Crippen molar-refractivity contribution in [3.05, 3.63) is 41.1 Å². The zero-order valence-electron chi connectivity index (χ0n) is 17.1. The Morgan fingerprint density at radius 1 is 1.24 bits per heavy atom. The molecule has 0 unspecified atom stereocenters. The molecule has 0 spiro atoms. The zero-order chi connectivity index (χ0) is 21.2. The number of carbonyl (C=O) groups excluding carboxylic acids is 1. The fourth-order valence-electron chi connectivity index (χ4n) is 3.00. The number of aliphatic carboxylic acids is 1. The molecule has 0 saturated carbocycles. The maximum Gasteiger partial charge on any atom is 0.323 e. The van der Waals surface area contributed by atoms with Crippen molar-refractivity contribution in [2.75, 3.05) is 19.3 Å². The van der Waals surface area contributed by atoms with Crippen molar-refractivity contribution < 1.29 is 19.4 Å². The first kappa shape index (κ1) is 21.3. The predicted octanol–water partition coefficient (Wildman–Crippen LogP) is 2.94. The molecular formula is C21H25N3O4S. The van der Waals surface area contributed by atoms with Crippen LogP contribution in [-0.2, 0) is 27.4 Å². The van der Waals surface area contributed by atoms with Gasteiger partial charge in [0.05, 0.1) is 23.7 Å². The van der Waals surface area contributed by atoms with Crippen molar-refractivity contribution in [1.82, 2.24) is 14.9 Å². The van der Waals surface area contributed by atoms with E-state index in [-0.39, 0.29) is 23.8 Å². The Kier molecular flexibility index (Phi) is 6.24. The van der Waals surface area contributed by atoms with E-state index < -0.39 is 5.97 Å². The fourth-order valence-corrected chi connectivity index (χ4v) is 3.99. The lowest BCUT2D eigenvalue weighted by atomic mass is 9.96. The molecule has 2 heterocycles. The van der Waals surface area contributed by atoms with E-state index in [1.165, 1.54) is 23.7 Å². The molecule has 1 aliphatic heterocycles.